The van der Waals surface area contributed by atoms with E-state index in [9.17, 15) is 9.59 Å². The summed E-state index contributed by atoms with van der Waals surface area (Å²) in [5, 5.41) is 2.80. The molecule has 1 atom stereocenters. The molecule has 1 fully saturated rings. The Hall–Kier alpha value is -2.11. The SMILES string of the molecule is CC(=O)N1CCCCC1C(=O)Nc1ccc(N(C)C)cn1. The third-order valence-electron chi connectivity index (χ3n) is 3.73. The highest BCUT2D eigenvalue weighted by molar-refractivity contribution is 5.96. The topological polar surface area (TPSA) is 65.5 Å². The van der Waals surface area contributed by atoms with Crippen LogP contribution in [0.2, 0.25) is 0 Å². The lowest BCUT2D eigenvalue weighted by Gasteiger charge is -2.33. The molecule has 6 nitrogen and oxygen atoms in total. The van der Waals surface area contributed by atoms with Crippen molar-refractivity contribution in [3.8, 4) is 0 Å². The molecular formula is C15H22N4O2. The average molecular weight is 290 g/mol. The first-order valence-corrected chi connectivity index (χ1v) is 7.20. The van der Waals surface area contributed by atoms with Crippen molar-refractivity contribution in [2.24, 2.45) is 0 Å². The standard InChI is InChI=1S/C15H22N4O2/c1-11(20)19-9-5-4-6-13(19)15(21)17-14-8-7-12(10-16-14)18(2)3/h7-8,10,13H,4-6,9H2,1-3H3,(H,16,17,21). The fourth-order valence-corrected chi connectivity index (χ4v) is 2.52. The number of likely N-dealkylation sites (tertiary alicyclic amines) is 1. The highest BCUT2D eigenvalue weighted by Crippen LogP contribution is 2.19. The summed E-state index contributed by atoms with van der Waals surface area (Å²) in [5.74, 6) is 0.306. The summed E-state index contributed by atoms with van der Waals surface area (Å²) < 4.78 is 0. The Balaban J connectivity index is 2.04. The number of hydrogen-bond donors (Lipinski definition) is 1. The van der Waals surface area contributed by atoms with Crippen molar-refractivity contribution in [2.75, 3.05) is 30.9 Å². The quantitative estimate of drug-likeness (QED) is 0.916. The number of pyridine rings is 1. The van der Waals surface area contributed by atoms with Crippen molar-refractivity contribution in [1.82, 2.24) is 9.88 Å². The molecule has 0 radical (unpaired) electrons. The maximum Gasteiger partial charge on any atom is 0.248 e. The van der Waals surface area contributed by atoms with Gasteiger partial charge in [0, 0.05) is 27.6 Å². The number of aromatic nitrogens is 1. The molecule has 0 bridgehead atoms. The molecule has 0 spiro atoms. The molecule has 1 unspecified atom stereocenters. The van der Waals surface area contributed by atoms with Gasteiger partial charge in [0.15, 0.2) is 0 Å². The number of carbonyl (C=O) groups excluding carboxylic acids is 2. The Labute approximate surface area is 125 Å². The lowest BCUT2D eigenvalue weighted by Crippen LogP contribution is -2.49. The molecule has 0 saturated carbocycles. The van der Waals surface area contributed by atoms with Crippen molar-refractivity contribution in [1.29, 1.82) is 0 Å². The van der Waals surface area contributed by atoms with E-state index in [2.05, 4.69) is 10.3 Å². The molecule has 6 heteroatoms. The van der Waals surface area contributed by atoms with Crippen LogP contribution >= 0.6 is 0 Å². The van der Waals surface area contributed by atoms with E-state index in [0.29, 0.717) is 18.8 Å². The zero-order valence-corrected chi connectivity index (χ0v) is 12.8. The van der Waals surface area contributed by atoms with Gasteiger partial charge >= 0.3 is 0 Å². The second kappa shape index (κ2) is 6.56. The Morgan fingerprint density at radius 3 is 2.67 bits per heavy atom. The minimum absolute atomic E-state index is 0.0502. The minimum atomic E-state index is -0.383. The molecular weight excluding hydrogens is 268 g/mol. The molecule has 1 aliphatic heterocycles. The van der Waals surface area contributed by atoms with Crippen molar-refractivity contribution < 1.29 is 9.59 Å². The Morgan fingerprint density at radius 1 is 1.33 bits per heavy atom. The van der Waals surface area contributed by atoms with E-state index in [-0.39, 0.29) is 17.9 Å². The molecule has 0 aromatic carbocycles. The molecule has 2 amide bonds. The van der Waals surface area contributed by atoms with E-state index in [0.717, 1.165) is 18.5 Å². The normalized spacial score (nSPS) is 18.2. The van der Waals surface area contributed by atoms with Crippen LogP contribution in [0.1, 0.15) is 26.2 Å². The molecule has 21 heavy (non-hydrogen) atoms. The number of amides is 2. The van der Waals surface area contributed by atoms with Crippen LogP contribution in [0.3, 0.4) is 0 Å². The summed E-state index contributed by atoms with van der Waals surface area (Å²) in [7, 11) is 3.87. The third-order valence-corrected chi connectivity index (χ3v) is 3.73. The van der Waals surface area contributed by atoms with Crippen LogP contribution in [-0.4, -0.2) is 48.4 Å². The van der Waals surface area contributed by atoms with Crippen LogP contribution in [0.4, 0.5) is 11.5 Å². The second-order valence-corrected chi connectivity index (χ2v) is 5.51. The number of hydrogen-bond acceptors (Lipinski definition) is 4. The van der Waals surface area contributed by atoms with Crippen LogP contribution in [0.15, 0.2) is 18.3 Å². The van der Waals surface area contributed by atoms with Crippen LogP contribution in [0, 0.1) is 0 Å². The highest BCUT2D eigenvalue weighted by Gasteiger charge is 2.30. The zero-order valence-electron chi connectivity index (χ0n) is 12.8. The number of carbonyl (C=O) groups is 2. The van der Waals surface area contributed by atoms with Gasteiger partial charge < -0.3 is 15.1 Å². The van der Waals surface area contributed by atoms with Crippen LogP contribution in [0.5, 0.6) is 0 Å². The summed E-state index contributed by atoms with van der Waals surface area (Å²) in [6, 6.07) is 3.28. The van der Waals surface area contributed by atoms with Gasteiger partial charge in [-0.15, -0.1) is 0 Å². The molecule has 114 valence electrons. The number of anilines is 2. The van der Waals surface area contributed by atoms with Crippen LogP contribution in [-0.2, 0) is 9.59 Å². The van der Waals surface area contributed by atoms with Gasteiger partial charge in [0.25, 0.3) is 0 Å². The maximum atomic E-state index is 12.3. The van der Waals surface area contributed by atoms with Gasteiger partial charge in [0.1, 0.15) is 11.9 Å². The van der Waals surface area contributed by atoms with E-state index in [1.807, 2.05) is 25.1 Å². The molecule has 1 aromatic rings. The monoisotopic (exact) mass is 290 g/mol. The van der Waals surface area contributed by atoms with Gasteiger partial charge in [0.2, 0.25) is 11.8 Å². The average Bonchev–Trinajstić information content (AvgIpc) is 2.47. The molecule has 0 aliphatic carbocycles. The second-order valence-electron chi connectivity index (χ2n) is 5.51. The third kappa shape index (κ3) is 3.71. The van der Waals surface area contributed by atoms with Gasteiger partial charge in [-0.1, -0.05) is 0 Å². The summed E-state index contributed by atoms with van der Waals surface area (Å²) in [6.45, 7) is 2.16. The van der Waals surface area contributed by atoms with E-state index < -0.39 is 0 Å². The van der Waals surface area contributed by atoms with Crippen LogP contribution in [0.25, 0.3) is 0 Å². The number of nitrogens with one attached hydrogen (secondary N) is 1. The Morgan fingerprint density at radius 2 is 2.10 bits per heavy atom. The van der Waals surface area contributed by atoms with Gasteiger partial charge in [-0.05, 0) is 31.4 Å². The predicted molar refractivity (Wildman–Crippen MR) is 82.2 cm³/mol. The fourth-order valence-electron chi connectivity index (χ4n) is 2.52. The van der Waals surface area contributed by atoms with E-state index in [1.165, 1.54) is 6.92 Å². The van der Waals surface area contributed by atoms with Crippen LogP contribution < -0.4 is 10.2 Å². The number of piperidine rings is 1. The van der Waals surface area contributed by atoms with Gasteiger partial charge in [-0.2, -0.15) is 0 Å². The van der Waals surface area contributed by atoms with E-state index >= 15 is 0 Å². The highest BCUT2D eigenvalue weighted by atomic mass is 16.2. The molecule has 1 N–H and O–H groups in total. The Kier molecular flexibility index (Phi) is 4.77. The van der Waals surface area contributed by atoms with Crippen molar-refractivity contribution in [3.05, 3.63) is 18.3 Å². The van der Waals surface area contributed by atoms with Crippen molar-refractivity contribution in [2.45, 2.75) is 32.2 Å². The predicted octanol–water partition coefficient (Wildman–Crippen LogP) is 1.49. The Bertz CT molecular complexity index is 513. The maximum absolute atomic E-state index is 12.3. The number of nitrogens with zero attached hydrogens (tertiary/aromatic N) is 3. The lowest BCUT2D eigenvalue weighted by molar-refractivity contribution is -0.138. The smallest absolute Gasteiger partial charge is 0.248 e. The van der Waals surface area contributed by atoms with E-state index in [4.69, 9.17) is 0 Å². The molecule has 1 aliphatic rings. The van der Waals surface area contributed by atoms with Gasteiger partial charge in [0.05, 0.1) is 11.9 Å². The van der Waals surface area contributed by atoms with Crippen molar-refractivity contribution >= 4 is 23.3 Å². The minimum Gasteiger partial charge on any atom is -0.376 e. The zero-order chi connectivity index (χ0) is 15.4. The van der Waals surface area contributed by atoms with Gasteiger partial charge in [-0.3, -0.25) is 9.59 Å². The number of rotatable bonds is 3. The summed E-state index contributed by atoms with van der Waals surface area (Å²) >= 11 is 0. The summed E-state index contributed by atoms with van der Waals surface area (Å²) in [4.78, 5) is 31.8. The molecule has 1 saturated heterocycles. The van der Waals surface area contributed by atoms with Gasteiger partial charge in [-0.25, -0.2) is 4.98 Å². The first kappa shape index (κ1) is 15.3. The molecule has 1 aromatic heterocycles. The summed E-state index contributed by atoms with van der Waals surface area (Å²) in [5.41, 5.74) is 0.969. The summed E-state index contributed by atoms with van der Waals surface area (Å²) in [6.07, 6.45) is 4.34. The molecule has 2 heterocycles. The van der Waals surface area contributed by atoms with E-state index in [1.54, 1.807) is 17.2 Å². The first-order chi connectivity index (χ1) is 9.99. The van der Waals surface area contributed by atoms with Crippen molar-refractivity contribution in [3.63, 3.8) is 0 Å². The lowest BCUT2D eigenvalue weighted by atomic mass is 10.0. The molecule has 2 rings (SSSR count). The largest absolute Gasteiger partial charge is 0.376 e. The first-order valence-electron chi connectivity index (χ1n) is 7.20. The fraction of sp³-hybridized carbons (Fsp3) is 0.533.